The SMILES string of the molecule is CC(C)(C)OC(=O)N1CCCC[C@@H](C(=O)O)C1. The first kappa shape index (κ1) is 13.8. The smallest absolute Gasteiger partial charge is 0.410 e. The summed E-state index contributed by atoms with van der Waals surface area (Å²) in [7, 11) is 0. The maximum absolute atomic E-state index is 11.8. The highest BCUT2D eigenvalue weighted by molar-refractivity contribution is 5.73. The fraction of sp³-hybridized carbons (Fsp3) is 0.833. The lowest BCUT2D eigenvalue weighted by Crippen LogP contribution is -2.40. The standard InChI is InChI=1S/C12H21NO4/c1-12(2,3)17-11(16)13-7-5-4-6-9(8-13)10(14)15/h9H,4-8H2,1-3H3,(H,14,15)/t9-/m1/s1. The average molecular weight is 243 g/mol. The zero-order chi connectivity index (χ0) is 13.1. The van der Waals surface area contributed by atoms with Gasteiger partial charge in [0, 0.05) is 13.1 Å². The van der Waals surface area contributed by atoms with Crippen LogP contribution in [-0.2, 0) is 9.53 Å². The second kappa shape index (κ2) is 5.38. The first-order valence-electron chi connectivity index (χ1n) is 6.00. The molecule has 0 aliphatic carbocycles. The van der Waals surface area contributed by atoms with E-state index in [1.165, 1.54) is 4.90 Å². The second-order valence-electron chi connectivity index (χ2n) is 5.46. The van der Waals surface area contributed by atoms with E-state index in [1.54, 1.807) is 20.8 Å². The molecule has 1 saturated heterocycles. The van der Waals surface area contributed by atoms with Crippen LogP contribution >= 0.6 is 0 Å². The molecule has 0 unspecified atom stereocenters. The van der Waals surface area contributed by atoms with Crippen molar-refractivity contribution in [2.75, 3.05) is 13.1 Å². The summed E-state index contributed by atoms with van der Waals surface area (Å²) >= 11 is 0. The van der Waals surface area contributed by atoms with E-state index in [9.17, 15) is 9.59 Å². The number of likely N-dealkylation sites (tertiary alicyclic amines) is 1. The molecular weight excluding hydrogens is 222 g/mol. The average Bonchev–Trinajstić information content (AvgIpc) is 2.39. The van der Waals surface area contributed by atoms with E-state index in [0.29, 0.717) is 13.0 Å². The van der Waals surface area contributed by atoms with E-state index in [2.05, 4.69) is 0 Å². The Bertz CT molecular complexity index is 295. The molecular formula is C12H21NO4. The third-order valence-corrected chi connectivity index (χ3v) is 2.67. The highest BCUT2D eigenvalue weighted by atomic mass is 16.6. The highest BCUT2D eigenvalue weighted by Gasteiger charge is 2.29. The number of carbonyl (C=O) groups is 2. The van der Waals surface area contributed by atoms with E-state index in [-0.39, 0.29) is 6.54 Å². The minimum absolute atomic E-state index is 0.254. The van der Waals surface area contributed by atoms with Crippen molar-refractivity contribution in [3.8, 4) is 0 Å². The molecule has 0 spiro atoms. The summed E-state index contributed by atoms with van der Waals surface area (Å²) in [6.07, 6.45) is 1.90. The summed E-state index contributed by atoms with van der Waals surface area (Å²) < 4.78 is 5.25. The number of carboxylic acid groups (broad SMARTS) is 1. The fourth-order valence-corrected chi connectivity index (χ4v) is 1.84. The molecule has 98 valence electrons. The molecule has 5 nitrogen and oxygen atoms in total. The number of carboxylic acids is 1. The number of ether oxygens (including phenoxy) is 1. The Kier molecular flexibility index (Phi) is 4.37. The Morgan fingerprint density at radius 2 is 1.94 bits per heavy atom. The molecule has 1 rings (SSSR count). The molecule has 1 aliphatic rings. The third-order valence-electron chi connectivity index (χ3n) is 2.67. The van der Waals surface area contributed by atoms with Crippen molar-refractivity contribution >= 4 is 12.1 Å². The first-order valence-corrected chi connectivity index (χ1v) is 6.00. The Balaban J connectivity index is 2.62. The van der Waals surface area contributed by atoms with Crippen LogP contribution in [-0.4, -0.2) is 40.8 Å². The predicted octanol–water partition coefficient (Wildman–Crippen LogP) is 2.11. The number of aliphatic carboxylic acids is 1. The van der Waals surface area contributed by atoms with Gasteiger partial charge in [0.05, 0.1) is 5.92 Å². The molecule has 0 aromatic heterocycles. The van der Waals surface area contributed by atoms with E-state index < -0.39 is 23.6 Å². The van der Waals surface area contributed by atoms with Gasteiger partial charge in [-0.2, -0.15) is 0 Å². The Hall–Kier alpha value is -1.26. The van der Waals surface area contributed by atoms with Crippen LogP contribution in [0.1, 0.15) is 40.0 Å². The topological polar surface area (TPSA) is 66.8 Å². The lowest BCUT2D eigenvalue weighted by molar-refractivity contribution is -0.142. The van der Waals surface area contributed by atoms with Gasteiger partial charge in [0.25, 0.3) is 0 Å². The molecule has 1 aliphatic heterocycles. The Labute approximate surface area is 102 Å². The fourth-order valence-electron chi connectivity index (χ4n) is 1.84. The van der Waals surface area contributed by atoms with Crippen LogP contribution in [0.25, 0.3) is 0 Å². The zero-order valence-electron chi connectivity index (χ0n) is 10.7. The van der Waals surface area contributed by atoms with Crippen molar-refractivity contribution < 1.29 is 19.4 Å². The number of hydrogen-bond acceptors (Lipinski definition) is 3. The largest absolute Gasteiger partial charge is 0.481 e. The molecule has 1 amide bonds. The van der Waals surface area contributed by atoms with Crippen molar-refractivity contribution in [3.05, 3.63) is 0 Å². The minimum Gasteiger partial charge on any atom is -0.481 e. The molecule has 17 heavy (non-hydrogen) atoms. The molecule has 0 bridgehead atoms. The summed E-state index contributed by atoms with van der Waals surface area (Å²) in [4.78, 5) is 24.3. The van der Waals surface area contributed by atoms with Gasteiger partial charge in [0.2, 0.25) is 0 Å². The minimum atomic E-state index is -0.833. The lowest BCUT2D eigenvalue weighted by atomic mass is 10.0. The summed E-state index contributed by atoms with van der Waals surface area (Å²) in [5.74, 6) is -1.30. The van der Waals surface area contributed by atoms with Gasteiger partial charge in [-0.3, -0.25) is 4.79 Å². The molecule has 1 heterocycles. The summed E-state index contributed by atoms with van der Waals surface area (Å²) in [6.45, 7) is 6.25. The normalized spacial score (nSPS) is 21.8. The molecule has 0 saturated carbocycles. The van der Waals surface area contributed by atoms with Crippen molar-refractivity contribution in [1.29, 1.82) is 0 Å². The van der Waals surface area contributed by atoms with E-state index in [0.717, 1.165) is 12.8 Å². The van der Waals surface area contributed by atoms with Crippen LogP contribution in [0.5, 0.6) is 0 Å². The molecule has 0 aromatic carbocycles. The molecule has 5 heteroatoms. The third kappa shape index (κ3) is 4.63. The number of hydrogen-bond donors (Lipinski definition) is 1. The van der Waals surface area contributed by atoms with Crippen LogP contribution in [0.15, 0.2) is 0 Å². The van der Waals surface area contributed by atoms with Crippen LogP contribution in [0.4, 0.5) is 4.79 Å². The summed E-state index contributed by atoms with van der Waals surface area (Å²) in [6, 6.07) is 0. The van der Waals surface area contributed by atoms with Gasteiger partial charge >= 0.3 is 12.1 Å². The van der Waals surface area contributed by atoms with Gasteiger partial charge in [0.1, 0.15) is 5.60 Å². The van der Waals surface area contributed by atoms with Crippen LogP contribution < -0.4 is 0 Å². The first-order chi connectivity index (χ1) is 7.79. The van der Waals surface area contributed by atoms with Gasteiger partial charge in [0.15, 0.2) is 0 Å². The van der Waals surface area contributed by atoms with Crippen molar-refractivity contribution in [3.63, 3.8) is 0 Å². The Morgan fingerprint density at radius 3 is 2.47 bits per heavy atom. The van der Waals surface area contributed by atoms with E-state index in [4.69, 9.17) is 9.84 Å². The predicted molar refractivity (Wildman–Crippen MR) is 62.8 cm³/mol. The maximum atomic E-state index is 11.8. The number of carbonyl (C=O) groups excluding carboxylic acids is 1. The van der Waals surface area contributed by atoms with E-state index in [1.807, 2.05) is 0 Å². The molecule has 1 fully saturated rings. The monoisotopic (exact) mass is 243 g/mol. The number of nitrogens with zero attached hydrogens (tertiary/aromatic N) is 1. The second-order valence-corrected chi connectivity index (χ2v) is 5.46. The Morgan fingerprint density at radius 1 is 1.29 bits per heavy atom. The zero-order valence-corrected chi connectivity index (χ0v) is 10.7. The molecule has 1 N–H and O–H groups in total. The molecule has 0 aromatic rings. The molecule has 0 radical (unpaired) electrons. The van der Waals surface area contributed by atoms with Gasteiger partial charge in [-0.05, 0) is 33.6 Å². The van der Waals surface area contributed by atoms with Gasteiger partial charge in [-0.25, -0.2) is 4.79 Å². The number of rotatable bonds is 1. The lowest BCUT2D eigenvalue weighted by Gasteiger charge is -2.27. The molecule has 1 atom stereocenters. The van der Waals surface area contributed by atoms with Crippen molar-refractivity contribution in [2.45, 2.75) is 45.6 Å². The van der Waals surface area contributed by atoms with Crippen LogP contribution in [0.2, 0.25) is 0 Å². The highest BCUT2D eigenvalue weighted by Crippen LogP contribution is 2.19. The maximum Gasteiger partial charge on any atom is 0.410 e. The quantitative estimate of drug-likeness (QED) is 0.766. The van der Waals surface area contributed by atoms with E-state index >= 15 is 0 Å². The van der Waals surface area contributed by atoms with Crippen LogP contribution in [0, 0.1) is 5.92 Å². The van der Waals surface area contributed by atoms with Crippen molar-refractivity contribution in [2.24, 2.45) is 5.92 Å². The number of amides is 1. The van der Waals surface area contributed by atoms with Gasteiger partial charge < -0.3 is 14.7 Å². The van der Waals surface area contributed by atoms with Gasteiger partial charge in [-0.1, -0.05) is 6.42 Å². The van der Waals surface area contributed by atoms with Crippen LogP contribution in [0.3, 0.4) is 0 Å². The van der Waals surface area contributed by atoms with Crippen molar-refractivity contribution in [1.82, 2.24) is 4.90 Å². The summed E-state index contributed by atoms with van der Waals surface area (Å²) in [5.41, 5.74) is -0.540. The van der Waals surface area contributed by atoms with Gasteiger partial charge in [-0.15, -0.1) is 0 Å². The summed E-state index contributed by atoms with van der Waals surface area (Å²) in [5, 5.41) is 9.02.